The summed E-state index contributed by atoms with van der Waals surface area (Å²) in [7, 11) is 0. The van der Waals surface area contributed by atoms with Crippen molar-refractivity contribution in [3.63, 3.8) is 0 Å². The molecule has 2 atom stereocenters. The summed E-state index contributed by atoms with van der Waals surface area (Å²) in [4.78, 5) is 0. The van der Waals surface area contributed by atoms with Crippen LogP contribution in [0.25, 0.3) is 0 Å². The molecule has 5 nitrogen and oxygen atoms in total. The Bertz CT molecular complexity index is 793. The second kappa shape index (κ2) is 5.22. The molecule has 2 N–H and O–H groups in total. The van der Waals surface area contributed by atoms with Crippen LogP contribution < -0.4 is 4.74 Å². The van der Waals surface area contributed by atoms with Crippen LogP contribution in [0.1, 0.15) is 29.7 Å². The highest BCUT2D eigenvalue weighted by Crippen LogP contribution is 2.43. The molecule has 0 bridgehead atoms. The first kappa shape index (κ1) is 14.2. The van der Waals surface area contributed by atoms with Crippen molar-refractivity contribution < 1.29 is 13.5 Å². The van der Waals surface area contributed by atoms with Gasteiger partial charge in [-0.3, -0.25) is 10.5 Å². The molecule has 112 valence electrons. The molecule has 1 aliphatic heterocycles. The molecule has 22 heavy (non-hydrogen) atoms. The highest BCUT2D eigenvalue weighted by Gasteiger charge is 2.40. The summed E-state index contributed by atoms with van der Waals surface area (Å²) in [5, 5.41) is 24.0. The summed E-state index contributed by atoms with van der Waals surface area (Å²) >= 11 is 0. The molecule has 0 saturated heterocycles. The predicted octanol–water partition coefficient (Wildman–Crippen LogP) is 2.89. The van der Waals surface area contributed by atoms with Gasteiger partial charge in [0.05, 0.1) is 6.07 Å². The molecule has 1 aliphatic rings. The fourth-order valence-corrected chi connectivity index (χ4v) is 2.72. The summed E-state index contributed by atoms with van der Waals surface area (Å²) < 4.78 is 32.0. The number of hydrogen-bond acceptors (Lipinski definition) is 4. The lowest BCUT2D eigenvalue weighted by atomic mass is 9.79. The fourth-order valence-electron chi connectivity index (χ4n) is 2.72. The van der Waals surface area contributed by atoms with Crippen molar-refractivity contribution in [2.75, 3.05) is 0 Å². The molecule has 0 aliphatic carbocycles. The number of aromatic nitrogens is 2. The summed E-state index contributed by atoms with van der Waals surface area (Å²) in [6, 6.07) is 5.50. The van der Waals surface area contributed by atoms with Crippen LogP contribution in [-0.4, -0.2) is 16.1 Å². The summed E-state index contributed by atoms with van der Waals surface area (Å²) in [5.74, 6) is -3.52. The van der Waals surface area contributed by atoms with Gasteiger partial charge >= 0.3 is 0 Å². The van der Waals surface area contributed by atoms with Crippen LogP contribution in [0.2, 0.25) is 0 Å². The number of fused-ring (bicyclic) bond motifs is 1. The first-order valence-electron chi connectivity index (χ1n) is 6.74. The molecule has 7 heteroatoms. The van der Waals surface area contributed by atoms with Crippen LogP contribution in [0.5, 0.6) is 5.88 Å². The van der Waals surface area contributed by atoms with E-state index in [1.807, 2.05) is 13.0 Å². The number of hydrogen-bond donors (Lipinski definition) is 2. The molecule has 0 radical (unpaired) electrons. The molecule has 3 rings (SSSR count). The Kier molecular flexibility index (Phi) is 3.37. The normalized spacial score (nSPS) is 20.2. The number of ether oxygens (including phenoxy) is 1. The number of aryl methyl sites for hydroxylation is 1. The van der Waals surface area contributed by atoms with Gasteiger partial charge in [0.15, 0.2) is 11.6 Å². The predicted molar refractivity (Wildman–Crippen MR) is 73.6 cm³/mol. The zero-order chi connectivity index (χ0) is 15.9. The maximum absolute atomic E-state index is 13.6. The van der Waals surface area contributed by atoms with E-state index in [4.69, 9.17) is 10.1 Å². The topological polar surface area (TPSA) is 85.5 Å². The Morgan fingerprint density at radius 1 is 1.41 bits per heavy atom. The highest BCUT2D eigenvalue weighted by atomic mass is 19.2. The number of nitrogens with zero attached hydrogens (tertiary/aromatic N) is 2. The minimum absolute atomic E-state index is 0.211. The molecular weight excluding hydrogens is 290 g/mol. The average molecular weight is 302 g/mol. The van der Waals surface area contributed by atoms with Crippen molar-refractivity contribution in [2.45, 2.75) is 19.3 Å². The third kappa shape index (κ3) is 2.04. The van der Waals surface area contributed by atoms with Crippen LogP contribution in [-0.2, 0) is 6.42 Å². The molecule has 0 saturated carbocycles. The summed E-state index contributed by atoms with van der Waals surface area (Å²) in [6.45, 7) is 1.90. The highest BCUT2D eigenvalue weighted by molar-refractivity contribution is 5.84. The monoisotopic (exact) mass is 302 g/mol. The summed E-state index contributed by atoms with van der Waals surface area (Å²) in [6.07, 6.45) is 0.608. The van der Waals surface area contributed by atoms with E-state index in [9.17, 15) is 14.0 Å². The van der Waals surface area contributed by atoms with Gasteiger partial charge < -0.3 is 4.74 Å². The van der Waals surface area contributed by atoms with Crippen LogP contribution >= 0.6 is 0 Å². The van der Waals surface area contributed by atoms with Gasteiger partial charge in [-0.2, -0.15) is 5.26 Å². The zero-order valence-electron chi connectivity index (χ0n) is 11.7. The largest absolute Gasteiger partial charge is 0.422 e. The van der Waals surface area contributed by atoms with Gasteiger partial charge in [-0.1, -0.05) is 13.0 Å². The number of aromatic amines is 1. The van der Waals surface area contributed by atoms with Gasteiger partial charge in [0.2, 0.25) is 11.8 Å². The Morgan fingerprint density at radius 3 is 2.82 bits per heavy atom. The molecule has 2 unspecified atom stereocenters. The van der Waals surface area contributed by atoms with E-state index >= 15 is 0 Å². The van der Waals surface area contributed by atoms with E-state index in [2.05, 4.69) is 10.2 Å². The molecular formula is C15H12F2N4O. The molecule has 1 aromatic carbocycles. The molecule has 2 aromatic rings. The van der Waals surface area contributed by atoms with Gasteiger partial charge in [0.1, 0.15) is 5.92 Å². The van der Waals surface area contributed by atoms with Crippen LogP contribution in [0.15, 0.2) is 18.2 Å². The Labute approximate surface area is 125 Å². The lowest BCUT2D eigenvalue weighted by Crippen LogP contribution is -2.31. The molecule has 0 spiro atoms. The third-order valence-electron chi connectivity index (χ3n) is 3.78. The number of benzene rings is 1. The fraction of sp³-hybridized carbons (Fsp3) is 0.267. The minimum atomic E-state index is -0.990. The Morgan fingerprint density at radius 2 is 2.18 bits per heavy atom. The molecule has 0 amide bonds. The summed E-state index contributed by atoms with van der Waals surface area (Å²) in [5.41, 5.74) is 1.78. The van der Waals surface area contributed by atoms with E-state index in [0.717, 1.165) is 17.8 Å². The van der Waals surface area contributed by atoms with Crippen molar-refractivity contribution in [3.8, 4) is 11.9 Å². The first-order chi connectivity index (χ1) is 10.6. The molecule has 1 aromatic heterocycles. The van der Waals surface area contributed by atoms with Crippen molar-refractivity contribution in [2.24, 2.45) is 5.92 Å². The third-order valence-corrected chi connectivity index (χ3v) is 3.78. The van der Waals surface area contributed by atoms with E-state index in [1.54, 1.807) is 0 Å². The Balaban J connectivity index is 2.22. The number of H-pyrrole nitrogens is 1. The number of nitriles is 1. The maximum Gasteiger partial charge on any atom is 0.243 e. The van der Waals surface area contributed by atoms with E-state index < -0.39 is 23.5 Å². The SMILES string of the molecule is CCc1[nH]nc2c1C(c1ccc(F)c(F)c1)C(C#N)C(=N)O2. The van der Waals surface area contributed by atoms with Crippen LogP contribution in [0.3, 0.4) is 0 Å². The van der Waals surface area contributed by atoms with Gasteiger partial charge in [-0.15, -0.1) is 5.10 Å². The van der Waals surface area contributed by atoms with Crippen LogP contribution in [0, 0.1) is 34.3 Å². The van der Waals surface area contributed by atoms with Crippen LogP contribution in [0.4, 0.5) is 8.78 Å². The van der Waals surface area contributed by atoms with Crippen molar-refractivity contribution in [1.82, 2.24) is 10.2 Å². The molecule has 0 fully saturated rings. The zero-order valence-corrected chi connectivity index (χ0v) is 11.7. The minimum Gasteiger partial charge on any atom is -0.422 e. The number of rotatable bonds is 2. The van der Waals surface area contributed by atoms with Gasteiger partial charge in [-0.25, -0.2) is 8.78 Å². The number of nitrogens with one attached hydrogen (secondary N) is 2. The standard InChI is InChI=1S/C15H12F2N4O/c1-2-11-13-12(7-3-4-9(16)10(17)5-7)8(6-18)14(19)22-15(13)21-20-11/h3-5,8,12,19H,2H2,1H3,(H,20,21). The average Bonchev–Trinajstić information content (AvgIpc) is 2.91. The quantitative estimate of drug-likeness (QED) is 0.894. The van der Waals surface area contributed by atoms with Gasteiger partial charge in [0, 0.05) is 17.2 Å². The van der Waals surface area contributed by atoms with E-state index in [-0.39, 0.29) is 11.8 Å². The van der Waals surface area contributed by atoms with Gasteiger partial charge in [-0.05, 0) is 24.1 Å². The lowest BCUT2D eigenvalue weighted by molar-refractivity contribution is 0.434. The lowest BCUT2D eigenvalue weighted by Gasteiger charge is -2.28. The maximum atomic E-state index is 13.6. The first-order valence-corrected chi connectivity index (χ1v) is 6.74. The van der Waals surface area contributed by atoms with E-state index in [1.165, 1.54) is 6.07 Å². The van der Waals surface area contributed by atoms with Crippen molar-refractivity contribution in [1.29, 1.82) is 10.7 Å². The number of halogens is 2. The van der Waals surface area contributed by atoms with E-state index in [0.29, 0.717) is 17.5 Å². The Hall–Kier alpha value is -2.75. The van der Waals surface area contributed by atoms with Crippen molar-refractivity contribution in [3.05, 3.63) is 46.7 Å². The van der Waals surface area contributed by atoms with Crippen molar-refractivity contribution >= 4 is 5.90 Å². The van der Waals surface area contributed by atoms with Gasteiger partial charge in [0.25, 0.3) is 0 Å². The second-order valence-corrected chi connectivity index (χ2v) is 5.00. The molecule has 2 heterocycles. The second-order valence-electron chi connectivity index (χ2n) is 5.00. The smallest absolute Gasteiger partial charge is 0.243 e.